The lowest BCUT2D eigenvalue weighted by Gasteiger charge is -2.31. The van der Waals surface area contributed by atoms with Crippen molar-refractivity contribution in [3.05, 3.63) is 51.2 Å². The van der Waals surface area contributed by atoms with Gasteiger partial charge in [0.15, 0.2) is 5.96 Å². The summed E-state index contributed by atoms with van der Waals surface area (Å²) in [4.78, 5) is 11.7. The molecular formula is C22H32FN5S. The van der Waals surface area contributed by atoms with E-state index in [4.69, 9.17) is 0 Å². The van der Waals surface area contributed by atoms with Crippen LogP contribution in [0.1, 0.15) is 41.6 Å². The molecule has 1 aliphatic rings. The van der Waals surface area contributed by atoms with Crippen LogP contribution in [0.25, 0.3) is 0 Å². The highest BCUT2D eigenvalue weighted by Gasteiger charge is 2.20. The summed E-state index contributed by atoms with van der Waals surface area (Å²) in [5, 5.41) is 10.1. The Morgan fingerprint density at radius 2 is 2.07 bits per heavy atom. The van der Waals surface area contributed by atoms with Crippen LogP contribution < -0.4 is 10.6 Å². The number of hydrogen-bond donors (Lipinski definition) is 2. The van der Waals surface area contributed by atoms with Crippen molar-refractivity contribution >= 4 is 17.3 Å². The first-order chi connectivity index (χ1) is 14.0. The van der Waals surface area contributed by atoms with Crippen LogP contribution in [0.3, 0.4) is 0 Å². The third-order valence-corrected chi connectivity index (χ3v) is 6.13. The Hall–Kier alpha value is -1.99. The van der Waals surface area contributed by atoms with Crippen molar-refractivity contribution in [1.82, 2.24) is 20.5 Å². The van der Waals surface area contributed by atoms with Gasteiger partial charge in [0.2, 0.25) is 0 Å². The van der Waals surface area contributed by atoms with E-state index in [1.807, 2.05) is 6.07 Å². The second kappa shape index (κ2) is 10.7. The van der Waals surface area contributed by atoms with Gasteiger partial charge in [0.25, 0.3) is 0 Å². The molecule has 2 aromatic rings. The zero-order valence-corrected chi connectivity index (χ0v) is 18.5. The van der Waals surface area contributed by atoms with Crippen molar-refractivity contribution in [2.24, 2.45) is 10.9 Å². The molecular weight excluding hydrogens is 385 g/mol. The number of guanidine groups is 1. The summed E-state index contributed by atoms with van der Waals surface area (Å²) in [6, 6.07) is 5.18. The predicted octanol–water partition coefficient (Wildman–Crippen LogP) is 3.87. The minimum Gasteiger partial charge on any atom is -0.357 e. The van der Waals surface area contributed by atoms with Crippen LogP contribution in [-0.2, 0) is 13.1 Å². The van der Waals surface area contributed by atoms with Gasteiger partial charge in [0.1, 0.15) is 5.82 Å². The van der Waals surface area contributed by atoms with Gasteiger partial charge in [-0.1, -0.05) is 12.1 Å². The summed E-state index contributed by atoms with van der Waals surface area (Å²) in [6.45, 7) is 11.4. The lowest BCUT2D eigenvalue weighted by atomic mass is 9.97. The fourth-order valence-electron chi connectivity index (χ4n) is 3.62. The molecule has 0 atom stereocenters. The molecule has 7 heteroatoms. The van der Waals surface area contributed by atoms with E-state index < -0.39 is 0 Å². The number of halogens is 1. The first-order valence-corrected chi connectivity index (χ1v) is 11.3. The van der Waals surface area contributed by atoms with E-state index in [2.05, 4.69) is 44.7 Å². The van der Waals surface area contributed by atoms with Crippen LogP contribution in [0.5, 0.6) is 0 Å². The van der Waals surface area contributed by atoms with Crippen LogP contribution in [0.4, 0.5) is 4.39 Å². The Bertz CT molecular complexity index is 811. The number of rotatable bonds is 7. The smallest absolute Gasteiger partial charge is 0.191 e. The lowest BCUT2D eigenvalue weighted by Crippen LogP contribution is -2.42. The van der Waals surface area contributed by atoms with Crippen molar-refractivity contribution in [3.8, 4) is 0 Å². The molecule has 5 nitrogen and oxygen atoms in total. The van der Waals surface area contributed by atoms with Gasteiger partial charge < -0.3 is 10.6 Å². The number of aliphatic imine (C=N–C) groups is 1. The van der Waals surface area contributed by atoms with E-state index in [0.29, 0.717) is 18.0 Å². The predicted molar refractivity (Wildman–Crippen MR) is 119 cm³/mol. The molecule has 1 fully saturated rings. The van der Waals surface area contributed by atoms with Crippen LogP contribution in [0.2, 0.25) is 0 Å². The van der Waals surface area contributed by atoms with E-state index in [0.717, 1.165) is 49.3 Å². The molecule has 0 amide bonds. The van der Waals surface area contributed by atoms with Crippen molar-refractivity contribution in [2.45, 2.75) is 46.7 Å². The Kier molecular flexibility index (Phi) is 8.00. The zero-order valence-electron chi connectivity index (χ0n) is 17.7. The summed E-state index contributed by atoms with van der Waals surface area (Å²) < 4.78 is 13.4. The summed E-state index contributed by atoms with van der Waals surface area (Å²) in [5.41, 5.74) is 2.88. The molecule has 158 valence electrons. The van der Waals surface area contributed by atoms with Crippen LogP contribution in [0.15, 0.2) is 28.6 Å². The third-order valence-electron chi connectivity index (χ3n) is 5.30. The first-order valence-electron chi connectivity index (χ1n) is 10.4. The maximum Gasteiger partial charge on any atom is 0.191 e. The molecule has 1 aromatic heterocycles. The standard InChI is InChI=1S/C22H32FN5S/c1-4-24-22(26-13-19-5-6-21(23)16(2)11-19)25-12-18-7-9-28(10-8-18)14-20-15-29-17(3)27-20/h5-6,11,15,18H,4,7-10,12-14H2,1-3H3,(H2,24,25,26). The Morgan fingerprint density at radius 3 is 2.72 bits per heavy atom. The zero-order chi connectivity index (χ0) is 20.6. The number of nitrogens with one attached hydrogen (secondary N) is 2. The number of aryl methyl sites for hydroxylation is 2. The highest BCUT2D eigenvalue weighted by molar-refractivity contribution is 7.09. The normalized spacial score (nSPS) is 16.2. The van der Waals surface area contributed by atoms with Crippen molar-refractivity contribution in [1.29, 1.82) is 0 Å². The second-order valence-corrected chi connectivity index (χ2v) is 8.80. The quantitative estimate of drug-likeness (QED) is 0.530. The Balaban J connectivity index is 1.44. The molecule has 0 spiro atoms. The van der Waals surface area contributed by atoms with Gasteiger partial charge in [-0.05, 0) is 69.8 Å². The number of aromatic nitrogens is 1. The highest BCUT2D eigenvalue weighted by Crippen LogP contribution is 2.19. The maximum absolute atomic E-state index is 13.4. The van der Waals surface area contributed by atoms with Crippen molar-refractivity contribution < 1.29 is 4.39 Å². The maximum atomic E-state index is 13.4. The topological polar surface area (TPSA) is 52.6 Å². The molecule has 0 saturated carbocycles. The van der Waals surface area contributed by atoms with Crippen molar-refractivity contribution in [2.75, 3.05) is 26.2 Å². The molecule has 0 bridgehead atoms. The van der Waals surface area contributed by atoms with E-state index in [1.54, 1.807) is 24.3 Å². The largest absolute Gasteiger partial charge is 0.357 e. The van der Waals surface area contributed by atoms with E-state index in [9.17, 15) is 4.39 Å². The number of piperidine rings is 1. The van der Waals surface area contributed by atoms with Crippen LogP contribution in [-0.4, -0.2) is 42.0 Å². The van der Waals surface area contributed by atoms with Crippen LogP contribution in [0, 0.1) is 25.6 Å². The van der Waals surface area contributed by atoms with E-state index >= 15 is 0 Å². The molecule has 0 radical (unpaired) electrons. The highest BCUT2D eigenvalue weighted by atomic mass is 32.1. The van der Waals surface area contributed by atoms with Gasteiger partial charge in [-0.25, -0.2) is 14.4 Å². The van der Waals surface area contributed by atoms with Gasteiger partial charge in [-0.3, -0.25) is 4.90 Å². The third kappa shape index (κ3) is 6.78. The minimum absolute atomic E-state index is 0.168. The molecule has 1 saturated heterocycles. The molecule has 0 aliphatic carbocycles. The molecule has 2 N–H and O–H groups in total. The second-order valence-electron chi connectivity index (χ2n) is 7.74. The molecule has 2 heterocycles. The molecule has 1 aliphatic heterocycles. The molecule has 29 heavy (non-hydrogen) atoms. The van der Waals surface area contributed by atoms with E-state index in [-0.39, 0.29) is 5.82 Å². The van der Waals surface area contributed by atoms with Gasteiger partial charge in [-0.15, -0.1) is 11.3 Å². The molecule has 3 rings (SSSR count). The average Bonchev–Trinajstić information content (AvgIpc) is 3.12. The Morgan fingerprint density at radius 1 is 1.28 bits per heavy atom. The monoisotopic (exact) mass is 417 g/mol. The number of nitrogens with zero attached hydrogens (tertiary/aromatic N) is 3. The summed E-state index contributed by atoms with van der Waals surface area (Å²) in [7, 11) is 0. The number of likely N-dealkylation sites (tertiary alicyclic amines) is 1. The first kappa shape index (κ1) is 21.7. The van der Waals surface area contributed by atoms with Gasteiger partial charge in [0.05, 0.1) is 17.2 Å². The average molecular weight is 418 g/mol. The van der Waals surface area contributed by atoms with Gasteiger partial charge in [0, 0.05) is 25.0 Å². The number of benzene rings is 1. The van der Waals surface area contributed by atoms with Crippen molar-refractivity contribution in [3.63, 3.8) is 0 Å². The summed E-state index contributed by atoms with van der Waals surface area (Å²) in [5.74, 6) is 1.31. The fraction of sp³-hybridized carbons (Fsp3) is 0.545. The van der Waals surface area contributed by atoms with Gasteiger partial charge in [-0.2, -0.15) is 0 Å². The molecule has 0 unspecified atom stereocenters. The number of thiazole rings is 1. The summed E-state index contributed by atoms with van der Waals surface area (Å²) in [6.07, 6.45) is 2.37. The van der Waals surface area contributed by atoms with E-state index in [1.165, 1.54) is 24.6 Å². The molecule has 1 aromatic carbocycles. The fourth-order valence-corrected chi connectivity index (χ4v) is 4.22. The number of hydrogen-bond acceptors (Lipinski definition) is 4. The van der Waals surface area contributed by atoms with Gasteiger partial charge >= 0.3 is 0 Å². The van der Waals surface area contributed by atoms with Crippen LogP contribution >= 0.6 is 11.3 Å². The Labute approximate surface area is 177 Å². The SMILES string of the molecule is CCNC(=NCc1ccc(F)c(C)c1)NCC1CCN(Cc2csc(C)n2)CC1. The summed E-state index contributed by atoms with van der Waals surface area (Å²) >= 11 is 1.73. The minimum atomic E-state index is -0.168. The lowest BCUT2D eigenvalue weighted by molar-refractivity contribution is 0.176.